The Hall–Kier alpha value is -2.20. The molecule has 1 aliphatic heterocycles. The summed E-state index contributed by atoms with van der Waals surface area (Å²) in [7, 11) is 0. The molecule has 3 rings (SSSR count). The van der Waals surface area contributed by atoms with Gasteiger partial charge in [-0.25, -0.2) is 0 Å². The second-order valence-corrected chi connectivity index (χ2v) is 7.05. The average molecular weight is 360 g/mol. The Bertz CT molecular complexity index is 758. The van der Waals surface area contributed by atoms with Crippen molar-refractivity contribution < 1.29 is 14.3 Å². The topological polar surface area (TPSA) is 47.6 Å². The Kier molecular flexibility index (Phi) is 5.19. The van der Waals surface area contributed by atoms with E-state index < -0.39 is 0 Å². The molecule has 5 heteroatoms. The van der Waals surface area contributed by atoms with Crippen LogP contribution in [0.15, 0.2) is 42.5 Å². The summed E-state index contributed by atoms with van der Waals surface area (Å²) in [5.41, 5.74) is 1.95. The predicted octanol–water partition coefficient (Wildman–Crippen LogP) is 4.69. The largest absolute Gasteiger partial charge is 0.454 e. The first-order chi connectivity index (χ1) is 12.0. The molecule has 0 aliphatic carbocycles. The molecular formula is C20H22ClNO3. The predicted molar refractivity (Wildman–Crippen MR) is 98.2 cm³/mol. The number of fused-ring (bicyclic) bond motifs is 1. The molecule has 0 radical (unpaired) electrons. The van der Waals surface area contributed by atoms with E-state index in [4.69, 9.17) is 21.1 Å². The second kappa shape index (κ2) is 7.36. The van der Waals surface area contributed by atoms with E-state index in [0.29, 0.717) is 5.02 Å². The zero-order valence-electron chi connectivity index (χ0n) is 14.6. The van der Waals surface area contributed by atoms with Crippen LogP contribution < -0.4 is 14.8 Å². The van der Waals surface area contributed by atoms with Gasteiger partial charge in [-0.1, -0.05) is 43.6 Å². The summed E-state index contributed by atoms with van der Waals surface area (Å²) < 4.78 is 10.7. The highest BCUT2D eigenvalue weighted by atomic mass is 35.5. The zero-order valence-corrected chi connectivity index (χ0v) is 15.3. The highest BCUT2D eigenvalue weighted by Gasteiger charge is 2.26. The summed E-state index contributed by atoms with van der Waals surface area (Å²) in [5, 5.41) is 3.78. The van der Waals surface area contributed by atoms with Gasteiger partial charge in [-0.15, -0.1) is 0 Å². The van der Waals surface area contributed by atoms with Crippen LogP contribution in [-0.2, 0) is 4.79 Å². The van der Waals surface area contributed by atoms with E-state index >= 15 is 0 Å². The third-order valence-corrected chi connectivity index (χ3v) is 4.69. The summed E-state index contributed by atoms with van der Waals surface area (Å²) in [6, 6.07) is 13.1. The Balaban J connectivity index is 1.75. The number of carbonyl (C=O) groups excluding carboxylic acids is 1. The van der Waals surface area contributed by atoms with Gasteiger partial charge in [0.15, 0.2) is 11.5 Å². The van der Waals surface area contributed by atoms with Crippen molar-refractivity contribution in [3.63, 3.8) is 0 Å². The third-order valence-electron chi connectivity index (χ3n) is 4.43. The van der Waals surface area contributed by atoms with Crippen molar-refractivity contribution >= 4 is 17.5 Å². The van der Waals surface area contributed by atoms with Crippen LogP contribution >= 0.6 is 11.6 Å². The van der Waals surface area contributed by atoms with E-state index in [0.717, 1.165) is 22.6 Å². The SMILES string of the molecule is CC(C)[C@@H](C(=O)N[C@@H](C)c1ccc2c(c1)OCO2)c1ccc(Cl)cc1. The molecule has 2 aromatic carbocycles. The van der Waals surface area contributed by atoms with Crippen molar-refractivity contribution in [1.82, 2.24) is 5.32 Å². The number of carbonyl (C=O) groups is 1. The fourth-order valence-corrected chi connectivity index (χ4v) is 3.20. The van der Waals surface area contributed by atoms with Gasteiger partial charge in [0.2, 0.25) is 12.7 Å². The number of hydrogen-bond donors (Lipinski definition) is 1. The van der Waals surface area contributed by atoms with E-state index in [1.165, 1.54) is 0 Å². The molecule has 0 unspecified atom stereocenters. The fourth-order valence-electron chi connectivity index (χ4n) is 3.08. The van der Waals surface area contributed by atoms with Crippen molar-refractivity contribution in [2.45, 2.75) is 32.7 Å². The minimum atomic E-state index is -0.228. The van der Waals surface area contributed by atoms with Gasteiger partial charge in [-0.2, -0.15) is 0 Å². The van der Waals surface area contributed by atoms with E-state index in [1.54, 1.807) is 0 Å². The van der Waals surface area contributed by atoms with Crippen molar-refractivity contribution in [3.05, 3.63) is 58.6 Å². The second-order valence-electron chi connectivity index (χ2n) is 6.62. The lowest BCUT2D eigenvalue weighted by Crippen LogP contribution is -2.34. The number of ether oxygens (including phenoxy) is 2. The molecular weight excluding hydrogens is 338 g/mol. The summed E-state index contributed by atoms with van der Waals surface area (Å²) in [6.45, 7) is 6.30. The van der Waals surface area contributed by atoms with E-state index in [9.17, 15) is 4.79 Å². The van der Waals surface area contributed by atoms with Crippen LogP contribution in [0.4, 0.5) is 0 Å². The van der Waals surface area contributed by atoms with Gasteiger partial charge in [0.25, 0.3) is 0 Å². The van der Waals surface area contributed by atoms with E-state index in [-0.39, 0.29) is 30.6 Å². The molecule has 2 aromatic rings. The Morgan fingerprint density at radius 3 is 2.32 bits per heavy atom. The maximum atomic E-state index is 12.9. The highest BCUT2D eigenvalue weighted by molar-refractivity contribution is 6.30. The molecule has 0 fully saturated rings. The van der Waals surface area contributed by atoms with Gasteiger partial charge in [0.05, 0.1) is 12.0 Å². The molecule has 0 aromatic heterocycles. The molecule has 1 amide bonds. The normalized spacial score (nSPS) is 15.1. The minimum absolute atomic E-state index is 0.00230. The van der Waals surface area contributed by atoms with Crippen LogP contribution in [0.3, 0.4) is 0 Å². The highest BCUT2D eigenvalue weighted by Crippen LogP contribution is 2.34. The van der Waals surface area contributed by atoms with E-state index in [1.807, 2.05) is 63.2 Å². The Labute approximate surface area is 153 Å². The molecule has 132 valence electrons. The molecule has 0 spiro atoms. The molecule has 1 aliphatic rings. The van der Waals surface area contributed by atoms with Gasteiger partial charge >= 0.3 is 0 Å². The average Bonchev–Trinajstić information content (AvgIpc) is 3.04. The first-order valence-corrected chi connectivity index (χ1v) is 8.79. The first kappa shape index (κ1) is 17.6. The lowest BCUT2D eigenvalue weighted by atomic mass is 9.87. The minimum Gasteiger partial charge on any atom is -0.454 e. The summed E-state index contributed by atoms with van der Waals surface area (Å²) >= 11 is 5.96. The molecule has 0 saturated carbocycles. The van der Waals surface area contributed by atoms with Crippen molar-refractivity contribution in [2.24, 2.45) is 5.92 Å². The Morgan fingerprint density at radius 1 is 1.00 bits per heavy atom. The lowest BCUT2D eigenvalue weighted by Gasteiger charge is -2.24. The van der Waals surface area contributed by atoms with Crippen LogP contribution in [0.25, 0.3) is 0 Å². The molecule has 1 N–H and O–H groups in total. The number of nitrogens with one attached hydrogen (secondary N) is 1. The first-order valence-electron chi connectivity index (χ1n) is 8.41. The fraction of sp³-hybridized carbons (Fsp3) is 0.350. The van der Waals surface area contributed by atoms with Gasteiger partial charge < -0.3 is 14.8 Å². The summed E-state index contributed by atoms with van der Waals surface area (Å²) in [6.07, 6.45) is 0. The summed E-state index contributed by atoms with van der Waals surface area (Å²) in [4.78, 5) is 12.9. The number of rotatable bonds is 5. The quantitative estimate of drug-likeness (QED) is 0.842. The van der Waals surface area contributed by atoms with E-state index in [2.05, 4.69) is 5.32 Å². The zero-order chi connectivity index (χ0) is 18.0. The van der Waals surface area contributed by atoms with Crippen LogP contribution in [-0.4, -0.2) is 12.7 Å². The number of hydrogen-bond acceptors (Lipinski definition) is 3. The van der Waals surface area contributed by atoms with Gasteiger partial charge in [-0.05, 0) is 48.2 Å². The standard InChI is InChI=1S/C20H22ClNO3/c1-12(2)19(14-4-7-16(21)8-5-14)20(23)22-13(3)15-6-9-17-18(10-15)25-11-24-17/h4-10,12-13,19H,11H2,1-3H3,(H,22,23)/t13-,19+/m0/s1. The Morgan fingerprint density at radius 2 is 1.64 bits per heavy atom. The van der Waals surface area contributed by atoms with Crippen molar-refractivity contribution in [1.29, 1.82) is 0 Å². The summed E-state index contributed by atoms with van der Waals surface area (Å²) in [5.74, 6) is 1.40. The maximum absolute atomic E-state index is 12.9. The molecule has 0 bridgehead atoms. The smallest absolute Gasteiger partial charge is 0.231 e. The van der Waals surface area contributed by atoms with Crippen molar-refractivity contribution in [2.75, 3.05) is 6.79 Å². The molecule has 1 heterocycles. The van der Waals surface area contributed by atoms with Crippen LogP contribution in [0, 0.1) is 5.92 Å². The van der Waals surface area contributed by atoms with Gasteiger partial charge in [0, 0.05) is 5.02 Å². The van der Waals surface area contributed by atoms with Crippen LogP contribution in [0.2, 0.25) is 5.02 Å². The maximum Gasteiger partial charge on any atom is 0.231 e. The molecule has 25 heavy (non-hydrogen) atoms. The van der Waals surface area contributed by atoms with Crippen molar-refractivity contribution in [3.8, 4) is 11.5 Å². The number of amides is 1. The number of benzene rings is 2. The molecule has 4 nitrogen and oxygen atoms in total. The lowest BCUT2D eigenvalue weighted by molar-refractivity contribution is -0.124. The third kappa shape index (κ3) is 3.90. The van der Waals surface area contributed by atoms with Gasteiger partial charge in [0.1, 0.15) is 0 Å². The molecule has 2 atom stereocenters. The van der Waals surface area contributed by atoms with Gasteiger partial charge in [-0.3, -0.25) is 4.79 Å². The number of halogens is 1. The van der Waals surface area contributed by atoms with Crippen LogP contribution in [0.5, 0.6) is 11.5 Å². The van der Waals surface area contributed by atoms with Crippen LogP contribution in [0.1, 0.15) is 43.9 Å². The monoisotopic (exact) mass is 359 g/mol. The molecule has 0 saturated heterocycles.